The molecular weight excluding hydrogens is 664 g/mol. The van der Waals surface area contributed by atoms with Crippen molar-refractivity contribution in [3.63, 3.8) is 0 Å². The number of ether oxygens (including phenoxy) is 7. The quantitative estimate of drug-likeness (QED) is 0.0349. The third-order valence-corrected chi connectivity index (χ3v) is 9.59. The molecule has 7 heteroatoms. The lowest BCUT2D eigenvalue weighted by atomic mass is 10.1. The largest absolute Gasteiger partial charge is 0.494 e. The van der Waals surface area contributed by atoms with E-state index in [2.05, 4.69) is 55.4 Å². The first-order valence-corrected chi connectivity index (χ1v) is 22.9. The third-order valence-electron chi connectivity index (χ3n) is 9.59. The minimum absolute atomic E-state index is 0.113. The van der Waals surface area contributed by atoms with Crippen molar-refractivity contribution in [3.05, 3.63) is 23.0 Å². The lowest BCUT2D eigenvalue weighted by Gasteiger charge is -2.25. The SMILES string of the molecule is CCCCCCCOC(CCC)=C(OCCCCCCC)C(CC)OCOCOC(CC)C(OCCCCCCC)=C(CCC)OCCCCCCC. The molecule has 0 fully saturated rings. The second-order valence-electron chi connectivity index (χ2n) is 14.7. The number of hydrogen-bond donors (Lipinski definition) is 0. The summed E-state index contributed by atoms with van der Waals surface area (Å²) in [5.74, 6) is 3.59. The van der Waals surface area contributed by atoms with Gasteiger partial charge in [-0.15, -0.1) is 0 Å². The first kappa shape index (κ1) is 51.6. The zero-order chi connectivity index (χ0) is 39.0. The van der Waals surface area contributed by atoms with Crippen LogP contribution in [0.1, 0.15) is 222 Å². The van der Waals surface area contributed by atoms with Crippen LogP contribution in [0.4, 0.5) is 0 Å². The minimum atomic E-state index is -0.234. The van der Waals surface area contributed by atoms with Gasteiger partial charge in [0, 0.05) is 12.8 Å². The van der Waals surface area contributed by atoms with E-state index in [1.807, 2.05) is 0 Å². The summed E-state index contributed by atoms with van der Waals surface area (Å²) in [6, 6.07) is 0. The smallest absolute Gasteiger partial charge is 0.162 e. The Balaban J connectivity index is 5.62. The maximum absolute atomic E-state index is 6.51. The highest BCUT2D eigenvalue weighted by atomic mass is 16.7. The molecule has 0 aliphatic heterocycles. The van der Waals surface area contributed by atoms with Gasteiger partial charge in [0.15, 0.2) is 25.1 Å². The Morgan fingerprint density at radius 2 is 0.642 bits per heavy atom. The maximum Gasteiger partial charge on any atom is 0.162 e. The van der Waals surface area contributed by atoms with Gasteiger partial charge in [0.2, 0.25) is 0 Å². The lowest BCUT2D eigenvalue weighted by molar-refractivity contribution is -0.166. The predicted molar refractivity (Wildman–Crippen MR) is 224 cm³/mol. The normalized spacial score (nSPS) is 13.7. The maximum atomic E-state index is 6.51. The summed E-state index contributed by atoms with van der Waals surface area (Å²) in [4.78, 5) is 0. The topological polar surface area (TPSA) is 64.6 Å². The molecule has 0 aliphatic rings. The molecule has 0 aromatic carbocycles. The summed E-state index contributed by atoms with van der Waals surface area (Å²) < 4.78 is 44.6. The van der Waals surface area contributed by atoms with Crippen LogP contribution in [0.25, 0.3) is 0 Å². The molecule has 2 atom stereocenters. The van der Waals surface area contributed by atoms with Crippen LogP contribution in [0.2, 0.25) is 0 Å². The molecule has 0 saturated heterocycles. The molecule has 0 heterocycles. The number of hydrogen-bond acceptors (Lipinski definition) is 7. The summed E-state index contributed by atoms with van der Waals surface area (Å²) in [5.41, 5.74) is 0. The van der Waals surface area contributed by atoms with E-state index >= 15 is 0 Å². The average molecular weight is 755 g/mol. The Morgan fingerprint density at radius 3 is 0.925 bits per heavy atom. The van der Waals surface area contributed by atoms with Gasteiger partial charge in [-0.25, -0.2) is 0 Å². The van der Waals surface area contributed by atoms with Crippen LogP contribution in [0.3, 0.4) is 0 Å². The van der Waals surface area contributed by atoms with Gasteiger partial charge in [-0.3, -0.25) is 0 Å². The molecule has 316 valence electrons. The molecule has 0 aromatic rings. The van der Waals surface area contributed by atoms with Gasteiger partial charge >= 0.3 is 0 Å². The van der Waals surface area contributed by atoms with E-state index in [1.165, 1.54) is 103 Å². The molecule has 7 nitrogen and oxygen atoms in total. The van der Waals surface area contributed by atoms with Crippen molar-refractivity contribution in [2.24, 2.45) is 0 Å². The van der Waals surface area contributed by atoms with Crippen molar-refractivity contribution in [1.29, 1.82) is 0 Å². The minimum Gasteiger partial charge on any atom is -0.494 e. The standard InChI is InChI=1S/C46H90O7/c1-9-17-21-25-29-35-48-43(33-13-5)45(50-37-31-27-23-19-11-3)41(15-7)52-39-47-40-53-42(16-8)46(51-38-32-28-24-20-12-4)44(34-14-6)49-36-30-26-22-18-10-2/h41-42H,9-40H2,1-8H3. The van der Waals surface area contributed by atoms with Crippen molar-refractivity contribution in [3.8, 4) is 0 Å². The average Bonchev–Trinajstić information content (AvgIpc) is 3.17. The molecule has 0 amide bonds. The van der Waals surface area contributed by atoms with Crippen LogP contribution in [0, 0.1) is 0 Å². The van der Waals surface area contributed by atoms with Crippen molar-refractivity contribution in [1.82, 2.24) is 0 Å². The zero-order valence-corrected chi connectivity index (χ0v) is 36.6. The molecule has 0 aliphatic carbocycles. The summed E-state index contributed by atoms with van der Waals surface area (Å²) >= 11 is 0. The van der Waals surface area contributed by atoms with Gasteiger partial charge in [-0.2, -0.15) is 0 Å². The second-order valence-corrected chi connectivity index (χ2v) is 14.7. The van der Waals surface area contributed by atoms with Gasteiger partial charge < -0.3 is 33.2 Å². The molecule has 0 radical (unpaired) electrons. The second kappa shape index (κ2) is 40.2. The molecule has 0 N–H and O–H groups in total. The molecule has 0 spiro atoms. The van der Waals surface area contributed by atoms with Gasteiger partial charge in [0.1, 0.15) is 23.7 Å². The Labute approximate surface area is 330 Å². The van der Waals surface area contributed by atoms with E-state index in [-0.39, 0.29) is 25.8 Å². The van der Waals surface area contributed by atoms with Crippen LogP contribution in [0.15, 0.2) is 23.0 Å². The van der Waals surface area contributed by atoms with E-state index in [0.717, 1.165) is 100 Å². The first-order valence-electron chi connectivity index (χ1n) is 22.9. The van der Waals surface area contributed by atoms with Gasteiger partial charge in [0.05, 0.1) is 26.4 Å². The highest BCUT2D eigenvalue weighted by Gasteiger charge is 2.23. The predicted octanol–water partition coefficient (Wildman–Crippen LogP) is 14.5. The summed E-state index contributed by atoms with van der Waals surface area (Å²) in [7, 11) is 0. The summed E-state index contributed by atoms with van der Waals surface area (Å²) in [5, 5.41) is 0. The molecule has 0 bridgehead atoms. The Morgan fingerprint density at radius 1 is 0.340 bits per heavy atom. The van der Waals surface area contributed by atoms with Crippen LogP contribution in [-0.4, -0.2) is 52.2 Å². The first-order chi connectivity index (χ1) is 26.1. The fourth-order valence-electron chi connectivity index (χ4n) is 6.32. The number of unbranched alkanes of at least 4 members (excludes halogenated alkanes) is 16. The molecule has 2 unspecified atom stereocenters. The van der Waals surface area contributed by atoms with Crippen LogP contribution in [-0.2, 0) is 33.2 Å². The molecule has 0 saturated carbocycles. The van der Waals surface area contributed by atoms with E-state index in [0.29, 0.717) is 13.2 Å². The Bertz CT molecular complexity index is 761. The summed E-state index contributed by atoms with van der Waals surface area (Å²) in [6.07, 6.45) is 28.9. The van der Waals surface area contributed by atoms with Gasteiger partial charge in [-0.1, -0.05) is 158 Å². The van der Waals surface area contributed by atoms with Gasteiger partial charge in [-0.05, 0) is 51.4 Å². The van der Waals surface area contributed by atoms with Crippen molar-refractivity contribution < 1.29 is 33.2 Å². The molecule has 0 aromatic heterocycles. The van der Waals surface area contributed by atoms with Gasteiger partial charge in [0.25, 0.3) is 0 Å². The highest BCUT2D eigenvalue weighted by Crippen LogP contribution is 2.25. The third kappa shape index (κ3) is 28.6. The molecular formula is C46H90O7. The summed E-state index contributed by atoms with van der Waals surface area (Å²) in [6.45, 7) is 20.7. The van der Waals surface area contributed by atoms with E-state index < -0.39 is 0 Å². The zero-order valence-electron chi connectivity index (χ0n) is 36.6. The number of allylic oxidation sites excluding steroid dienone is 2. The van der Waals surface area contributed by atoms with Crippen LogP contribution < -0.4 is 0 Å². The van der Waals surface area contributed by atoms with E-state index in [4.69, 9.17) is 33.2 Å². The number of rotatable bonds is 42. The lowest BCUT2D eigenvalue weighted by Crippen LogP contribution is -2.24. The van der Waals surface area contributed by atoms with Crippen molar-refractivity contribution >= 4 is 0 Å². The fraction of sp³-hybridized carbons (Fsp3) is 0.913. The molecule has 0 rings (SSSR count). The van der Waals surface area contributed by atoms with E-state index in [1.54, 1.807) is 0 Å². The van der Waals surface area contributed by atoms with Crippen LogP contribution >= 0.6 is 0 Å². The van der Waals surface area contributed by atoms with E-state index in [9.17, 15) is 0 Å². The fourth-order valence-corrected chi connectivity index (χ4v) is 6.32. The highest BCUT2D eigenvalue weighted by molar-refractivity contribution is 5.08. The van der Waals surface area contributed by atoms with Crippen molar-refractivity contribution in [2.45, 2.75) is 235 Å². The Hall–Kier alpha value is -1.44. The van der Waals surface area contributed by atoms with Crippen molar-refractivity contribution in [2.75, 3.05) is 40.0 Å². The Kier molecular flexibility index (Phi) is 39.1. The van der Waals surface area contributed by atoms with Crippen LogP contribution in [0.5, 0.6) is 0 Å². The monoisotopic (exact) mass is 755 g/mol. The molecule has 53 heavy (non-hydrogen) atoms.